The van der Waals surface area contributed by atoms with E-state index in [1.54, 1.807) is 12.1 Å². The Morgan fingerprint density at radius 3 is 1.86 bits per heavy atom. The SMILES string of the molecule is CCC(CC)(O[SiH3])c1ccc(-c2c(F)cc(F)cc2F)cc1. The molecule has 0 N–H and O–H groups in total. The third-order valence-electron chi connectivity index (χ3n) is 4.24. The van der Waals surface area contributed by atoms with Crippen molar-refractivity contribution in [2.75, 3.05) is 0 Å². The fourth-order valence-electron chi connectivity index (χ4n) is 2.82. The molecule has 2 aromatic rings. The molecule has 0 saturated heterocycles. The van der Waals surface area contributed by atoms with E-state index in [9.17, 15) is 13.2 Å². The summed E-state index contributed by atoms with van der Waals surface area (Å²) in [5.41, 5.74) is 0.815. The van der Waals surface area contributed by atoms with Gasteiger partial charge in [-0.25, -0.2) is 13.2 Å². The second-order valence-corrected chi connectivity index (χ2v) is 5.64. The fraction of sp³-hybridized carbons (Fsp3) is 0.294. The van der Waals surface area contributed by atoms with Crippen molar-refractivity contribution in [2.45, 2.75) is 32.3 Å². The van der Waals surface area contributed by atoms with E-state index in [2.05, 4.69) is 13.8 Å². The molecule has 0 bridgehead atoms. The molecule has 0 atom stereocenters. The predicted octanol–water partition coefficient (Wildman–Crippen LogP) is 4.08. The second kappa shape index (κ2) is 6.67. The van der Waals surface area contributed by atoms with Crippen LogP contribution in [0.2, 0.25) is 0 Å². The van der Waals surface area contributed by atoms with Gasteiger partial charge < -0.3 is 4.43 Å². The highest BCUT2D eigenvalue weighted by Crippen LogP contribution is 2.34. The Bertz CT molecular complexity index is 620. The smallest absolute Gasteiger partial charge is 0.147 e. The predicted molar refractivity (Wildman–Crippen MR) is 85.0 cm³/mol. The number of rotatable bonds is 5. The number of hydrogen-bond donors (Lipinski definition) is 0. The molecule has 0 aliphatic rings. The van der Waals surface area contributed by atoms with Gasteiger partial charge >= 0.3 is 0 Å². The molecule has 0 unspecified atom stereocenters. The fourth-order valence-corrected chi connectivity index (χ4v) is 3.64. The van der Waals surface area contributed by atoms with Gasteiger partial charge in [0.05, 0.1) is 11.2 Å². The molecule has 0 heterocycles. The zero-order chi connectivity index (χ0) is 16.3. The van der Waals surface area contributed by atoms with E-state index in [-0.39, 0.29) is 11.2 Å². The lowest BCUT2D eigenvalue weighted by Crippen LogP contribution is -2.27. The summed E-state index contributed by atoms with van der Waals surface area (Å²) in [5, 5.41) is 0. The van der Waals surface area contributed by atoms with Crippen LogP contribution in [0, 0.1) is 17.5 Å². The molecule has 1 nitrogen and oxygen atoms in total. The molecular formula is C17H19F3OSi. The van der Waals surface area contributed by atoms with Gasteiger partial charge in [0.25, 0.3) is 0 Å². The van der Waals surface area contributed by atoms with E-state index in [0.717, 1.165) is 18.4 Å². The quantitative estimate of drug-likeness (QED) is 0.753. The maximum Gasteiger partial charge on any atom is 0.147 e. The highest BCUT2D eigenvalue weighted by atomic mass is 28.2. The summed E-state index contributed by atoms with van der Waals surface area (Å²) in [6.45, 7) is 4.10. The number of hydrogen-bond acceptors (Lipinski definition) is 1. The molecule has 0 aliphatic heterocycles. The Balaban J connectivity index is 2.46. The zero-order valence-corrected chi connectivity index (χ0v) is 14.9. The third-order valence-corrected chi connectivity index (χ3v) is 5.02. The molecule has 2 aromatic carbocycles. The van der Waals surface area contributed by atoms with Crippen molar-refractivity contribution in [3.05, 3.63) is 59.4 Å². The number of benzene rings is 2. The highest BCUT2D eigenvalue weighted by Gasteiger charge is 2.27. The minimum absolute atomic E-state index is 0.210. The molecule has 5 heteroatoms. The lowest BCUT2D eigenvalue weighted by molar-refractivity contribution is 0.0685. The van der Waals surface area contributed by atoms with Gasteiger partial charge in [0, 0.05) is 12.1 Å². The van der Waals surface area contributed by atoms with Crippen molar-refractivity contribution in [2.24, 2.45) is 0 Å². The summed E-state index contributed by atoms with van der Waals surface area (Å²) >= 11 is 0. The largest absolute Gasteiger partial charge is 0.418 e. The maximum atomic E-state index is 13.8. The van der Waals surface area contributed by atoms with Crippen molar-refractivity contribution in [1.29, 1.82) is 0 Å². The van der Waals surface area contributed by atoms with Gasteiger partial charge in [0.1, 0.15) is 27.9 Å². The van der Waals surface area contributed by atoms with Gasteiger partial charge in [0.15, 0.2) is 0 Å². The van der Waals surface area contributed by atoms with Crippen molar-refractivity contribution in [3.63, 3.8) is 0 Å². The first-order valence-corrected chi connectivity index (χ1v) is 8.09. The van der Waals surface area contributed by atoms with Gasteiger partial charge in [-0.05, 0) is 24.0 Å². The number of halogens is 3. The molecule has 0 saturated carbocycles. The summed E-state index contributed by atoms with van der Waals surface area (Å²) in [6, 6.07) is 8.32. The lowest BCUT2D eigenvalue weighted by Gasteiger charge is -2.31. The molecule has 0 radical (unpaired) electrons. The summed E-state index contributed by atoms with van der Waals surface area (Å²) < 4.78 is 46.4. The first-order valence-electron chi connectivity index (χ1n) is 7.28. The van der Waals surface area contributed by atoms with Crippen LogP contribution in [0.4, 0.5) is 13.2 Å². The van der Waals surface area contributed by atoms with E-state index in [4.69, 9.17) is 4.43 Å². The van der Waals surface area contributed by atoms with Crippen LogP contribution in [0.25, 0.3) is 11.1 Å². The molecular weight excluding hydrogens is 305 g/mol. The van der Waals surface area contributed by atoms with Crippen LogP contribution in [0.1, 0.15) is 32.3 Å². The van der Waals surface area contributed by atoms with Gasteiger partial charge in [-0.3, -0.25) is 0 Å². The average Bonchev–Trinajstić information content (AvgIpc) is 2.50. The minimum Gasteiger partial charge on any atom is -0.418 e. The summed E-state index contributed by atoms with van der Waals surface area (Å²) in [7, 11) is 0.608. The van der Waals surface area contributed by atoms with E-state index < -0.39 is 17.5 Å². The molecule has 22 heavy (non-hydrogen) atoms. The summed E-state index contributed by atoms with van der Waals surface area (Å²) in [4.78, 5) is 0. The maximum absolute atomic E-state index is 13.8. The second-order valence-electron chi connectivity index (χ2n) is 5.23. The molecule has 0 aromatic heterocycles. The Labute approximate surface area is 131 Å². The van der Waals surface area contributed by atoms with Crippen LogP contribution in [0.15, 0.2) is 36.4 Å². The first-order chi connectivity index (χ1) is 10.5. The lowest BCUT2D eigenvalue weighted by atomic mass is 9.87. The van der Waals surface area contributed by atoms with Crippen LogP contribution in [-0.2, 0) is 10.0 Å². The highest BCUT2D eigenvalue weighted by molar-refractivity contribution is 5.98. The monoisotopic (exact) mass is 324 g/mol. The van der Waals surface area contributed by atoms with E-state index in [1.807, 2.05) is 12.1 Å². The Morgan fingerprint density at radius 1 is 0.955 bits per heavy atom. The molecule has 0 amide bonds. The molecule has 2 rings (SSSR count). The van der Waals surface area contributed by atoms with Gasteiger partial charge in [-0.1, -0.05) is 38.1 Å². The van der Waals surface area contributed by atoms with Crippen molar-refractivity contribution < 1.29 is 17.6 Å². The summed E-state index contributed by atoms with van der Waals surface area (Å²) in [6.07, 6.45) is 1.65. The van der Waals surface area contributed by atoms with Crippen LogP contribution < -0.4 is 0 Å². The third kappa shape index (κ3) is 2.96. The molecule has 0 aliphatic carbocycles. The normalized spacial score (nSPS) is 11.9. The Kier molecular flexibility index (Phi) is 5.08. The van der Waals surface area contributed by atoms with Crippen LogP contribution >= 0.6 is 0 Å². The Morgan fingerprint density at radius 2 is 1.45 bits per heavy atom. The topological polar surface area (TPSA) is 9.23 Å². The van der Waals surface area contributed by atoms with Crippen LogP contribution in [0.3, 0.4) is 0 Å². The van der Waals surface area contributed by atoms with Gasteiger partial charge in [0.2, 0.25) is 0 Å². The van der Waals surface area contributed by atoms with Crippen molar-refractivity contribution in [3.8, 4) is 11.1 Å². The van der Waals surface area contributed by atoms with Crippen molar-refractivity contribution in [1.82, 2.24) is 0 Å². The first kappa shape index (κ1) is 16.8. The standard InChI is InChI=1S/C17H19F3OSi/c1-3-17(4-2,21-22)12-7-5-11(6-8-12)16-14(19)9-13(18)10-15(16)20/h5-10H,3-4H2,1-2,22H3. The molecule has 118 valence electrons. The molecule has 0 spiro atoms. The van der Waals surface area contributed by atoms with E-state index >= 15 is 0 Å². The van der Waals surface area contributed by atoms with Crippen molar-refractivity contribution >= 4 is 10.5 Å². The van der Waals surface area contributed by atoms with E-state index in [1.165, 1.54) is 0 Å². The average molecular weight is 324 g/mol. The van der Waals surface area contributed by atoms with Crippen LogP contribution in [-0.4, -0.2) is 10.5 Å². The minimum atomic E-state index is -0.921. The summed E-state index contributed by atoms with van der Waals surface area (Å²) in [5.74, 6) is -2.72. The zero-order valence-electron chi connectivity index (χ0n) is 12.9. The van der Waals surface area contributed by atoms with Gasteiger partial charge in [-0.2, -0.15) is 0 Å². The molecule has 0 fully saturated rings. The van der Waals surface area contributed by atoms with Gasteiger partial charge in [-0.15, -0.1) is 0 Å². The van der Waals surface area contributed by atoms with Crippen LogP contribution in [0.5, 0.6) is 0 Å². The van der Waals surface area contributed by atoms with E-state index in [0.29, 0.717) is 28.2 Å². The Hall–Kier alpha value is -1.59.